The predicted molar refractivity (Wildman–Crippen MR) is 47.8 cm³/mol. The van der Waals surface area contributed by atoms with Crippen molar-refractivity contribution in [3.05, 3.63) is 0 Å². The van der Waals surface area contributed by atoms with Crippen molar-refractivity contribution < 1.29 is 9.53 Å². The number of carbonyl (C=O) groups is 1. The van der Waals surface area contributed by atoms with Crippen molar-refractivity contribution in [2.24, 2.45) is 5.92 Å². The van der Waals surface area contributed by atoms with E-state index in [0.29, 0.717) is 0 Å². The Morgan fingerprint density at radius 1 is 1.27 bits per heavy atom. The van der Waals surface area contributed by atoms with Gasteiger partial charge in [0.05, 0.1) is 5.92 Å². The Kier molecular flexibility index (Phi) is 6.01. The Morgan fingerprint density at radius 3 is 1.73 bits per heavy atom. The molecule has 0 aliphatic rings. The van der Waals surface area contributed by atoms with Gasteiger partial charge < -0.3 is 4.74 Å². The summed E-state index contributed by atoms with van der Waals surface area (Å²) in [5.41, 5.74) is -0.346. The van der Waals surface area contributed by atoms with Crippen molar-refractivity contribution in [3.8, 4) is 0 Å². The first-order chi connectivity index (χ1) is 4.33. The molecule has 0 amide bonds. The molecule has 0 atom stereocenters. The molecule has 0 aromatic carbocycles. The molecule has 11 heavy (non-hydrogen) atoms. The van der Waals surface area contributed by atoms with Gasteiger partial charge in [0, 0.05) is 0 Å². The van der Waals surface area contributed by atoms with E-state index >= 15 is 0 Å². The van der Waals surface area contributed by atoms with Crippen LogP contribution < -0.4 is 0 Å². The Labute approximate surface area is 80.9 Å². The fraction of sp³-hybridized carbons (Fsp3) is 0.875. The van der Waals surface area contributed by atoms with E-state index < -0.39 is 0 Å². The van der Waals surface area contributed by atoms with Crippen LogP contribution in [0.3, 0.4) is 0 Å². The van der Waals surface area contributed by atoms with Crippen LogP contribution in [0.25, 0.3) is 0 Å². The van der Waals surface area contributed by atoms with Gasteiger partial charge >= 0.3 is 24.8 Å². The third kappa shape index (κ3) is 7.97. The molecule has 0 rings (SSSR count). The van der Waals surface area contributed by atoms with Crippen molar-refractivity contribution in [1.29, 1.82) is 0 Å². The van der Waals surface area contributed by atoms with Crippen LogP contribution in [0.15, 0.2) is 0 Å². The third-order valence-corrected chi connectivity index (χ3v) is 0.878. The second kappa shape index (κ2) is 4.85. The summed E-state index contributed by atoms with van der Waals surface area (Å²) in [5, 5.41) is 0. The number of carbonyl (C=O) groups excluding carboxylic acids is 1. The molecule has 2 nitrogen and oxygen atoms in total. The van der Waals surface area contributed by atoms with Crippen molar-refractivity contribution >= 4 is 24.8 Å². The first kappa shape index (κ1) is 13.6. The van der Waals surface area contributed by atoms with Crippen LogP contribution in [0.4, 0.5) is 0 Å². The van der Waals surface area contributed by atoms with Gasteiger partial charge in [0.2, 0.25) is 0 Å². The Morgan fingerprint density at radius 2 is 1.64 bits per heavy atom. The van der Waals surface area contributed by atoms with Gasteiger partial charge in [-0.3, -0.25) is 4.79 Å². The van der Waals surface area contributed by atoms with Gasteiger partial charge in [-0.2, -0.15) is 0 Å². The van der Waals surface area contributed by atoms with E-state index in [4.69, 9.17) is 4.74 Å². The van der Waals surface area contributed by atoms with Gasteiger partial charge in [-0.25, -0.2) is 0 Å². The first-order valence-corrected chi connectivity index (χ1v) is 3.56. The van der Waals surface area contributed by atoms with Crippen LogP contribution in [0, 0.1) is 5.92 Å². The normalized spacial score (nSPS) is 10.7. The number of rotatable bonds is 1. The maximum absolute atomic E-state index is 10.9. The van der Waals surface area contributed by atoms with Crippen LogP contribution in [0.1, 0.15) is 34.6 Å². The molecule has 0 saturated carbocycles. The fourth-order valence-electron chi connectivity index (χ4n) is 0.420. The second-order valence-electron chi connectivity index (χ2n) is 3.69. The minimum atomic E-state index is -0.346. The van der Waals surface area contributed by atoms with Crippen LogP contribution >= 0.6 is 0 Å². The zero-order valence-corrected chi connectivity index (χ0v) is 7.39. The average Bonchev–Trinajstić information content (AvgIpc) is 1.60. The molecule has 0 aromatic rings. The summed E-state index contributed by atoms with van der Waals surface area (Å²) in [6, 6.07) is 0. The molecule has 0 fully saturated rings. The summed E-state index contributed by atoms with van der Waals surface area (Å²) in [6.45, 7) is 9.26. The maximum atomic E-state index is 10.9. The SMILES string of the molecule is CC(C)C(=O)OC(C)(C)C.[LiH]. The quantitative estimate of drug-likeness (QED) is 0.418. The van der Waals surface area contributed by atoms with Crippen molar-refractivity contribution in [2.45, 2.75) is 40.2 Å². The zero-order chi connectivity index (χ0) is 8.36. The molecule has 0 unspecified atom stereocenters. The standard InChI is InChI=1S/C8H16O2.Li.H/c1-6(2)7(9)10-8(3,4)5;;/h6H,1-5H3;;. The van der Waals surface area contributed by atoms with Gasteiger partial charge in [0.25, 0.3) is 0 Å². The summed E-state index contributed by atoms with van der Waals surface area (Å²) in [4.78, 5) is 10.9. The van der Waals surface area contributed by atoms with Gasteiger partial charge in [-0.05, 0) is 20.8 Å². The van der Waals surface area contributed by atoms with Gasteiger partial charge in [-0.1, -0.05) is 13.8 Å². The zero-order valence-electron chi connectivity index (χ0n) is 7.39. The number of ether oxygens (including phenoxy) is 1. The van der Waals surface area contributed by atoms with Crippen LogP contribution in [0.2, 0.25) is 0 Å². The molecule has 0 aromatic heterocycles. The first-order valence-electron chi connectivity index (χ1n) is 3.56. The predicted octanol–water partition coefficient (Wildman–Crippen LogP) is 1.34. The van der Waals surface area contributed by atoms with E-state index in [2.05, 4.69) is 0 Å². The fourth-order valence-corrected chi connectivity index (χ4v) is 0.420. The topological polar surface area (TPSA) is 26.3 Å². The number of hydrogen-bond donors (Lipinski definition) is 0. The molecule has 62 valence electrons. The monoisotopic (exact) mass is 152 g/mol. The Bertz CT molecular complexity index is 125. The van der Waals surface area contributed by atoms with Crippen LogP contribution in [0.5, 0.6) is 0 Å². The van der Waals surface area contributed by atoms with E-state index in [1.807, 2.05) is 34.6 Å². The molecule has 0 radical (unpaired) electrons. The molecule has 0 bridgehead atoms. The average molecular weight is 152 g/mol. The molecule has 0 aliphatic heterocycles. The molecular formula is C8H17LiO2. The van der Waals surface area contributed by atoms with E-state index in [-0.39, 0.29) is 36.3 Å². The summed E-state index contributed by atoms with van der Waals surface area (Å²) >= 11 is 0. The summed E-state index contributed by atoms with van der Waals surface area (Å²) < 4.78 is 5.06. The third-order valence-electron chi connectivity index (χ3n) is 0.878. The van der Waals surface area contributed by atoms with E-state index in [9.17, 15) is 4.79 Å². The van der Waals surface area contributed by atoms with Crippen LogP contribution in [-0.4, -0.2) is 30.4 Å². The number of esters is 1. The van der Waals surface area contributed by atoms with Crippen molar-refractivity contribution in [2.75, 3.05) is 0 Å². The molecule has 0 aliphatic carbocycles. The van der Waals surface area contributed by atoms with Crippen LogP contribution in [-0.2, 0) is 9.53 Å². The van der Waals surface area contributed by atoms with Crippen molar-refractivity contribution in [1.82, 2.24) is 0 Å². The van der Waals surface area contributed by atoms with Crippen molar-refractivity contribution in [3.63, 3.8) is 0 Å². The number of hydrogen-bond acceptors (Lipinski definition) is 2. The summed E-state index contributed by atoms with van der Waals surface area (Å²) in [7, 11) is 0. The Hall–Kier alpha value is 0.0674. The summed E-state index contributed by atoms with van der Waals surface area (Å²) in [5.74, 6) is -0.160. The van der Waals surface area contributed by atoms with Gasteiger partial charge in [0.15, 0.2) is 0 Å². The van der Waals surface area contributed by atoms with E-state index in [0.717, 1.165) is 0 Å². The summed E-state index contributed by atoms with van der Waals surface area (Å²) in [6.07, 6.45) is 0. The Balaban J connectivity index is 0. The molecule has 0 saturated heterocycles. The minimum absolute atomic E-state index is 0. The molecule has 0 spiro atoms. The van der Waals surface area contributed by atoms with E-state index in [1.54, 1.807) is 0 Å². The van der Waals surface area contributed by atoms with E-state index in [1.165, 1.54) is 0 Å². The molecular weight excluding hydrogens is 135 g/mol. The van der Waals surface area contributed by atoms with Gasteiger partial charge in [-0.15, -0.1) is 0 Å². The molecule has 3 heteroatoms. The molecule has 0 N–H and O–H groups in total. The van der Waals surface area contributed by atoms with Gasteiger partial charge in [0.1, 0.15) is 5.60 Å². The second-order valence-corrected chi connectivity index (χ2v) is 3.69. The molecule has 0 heterocycles.